The SMILES string of the molecule is O=C(NCc1ccccc1)N1CCN2C(=O)N(Cc3ccccn3)CC2C1. The van der Waals surface area contributed by atoms with Crippen molar-refractivity contribution >= 4 is 12.1 Å². The van der Waals surface area contributed by atoms with Gasteiger partial charge >= 0.3 is 12.1 Å². The first-order valence-corrected chi connectivity index (χ1v) is 9.23. The largest absolute Gasteiger partial charge is 0.334 e. The molecule has 1 unspecified atom stereocenters. The summed E-state index contributed by atoms with van der Waals surface area (Å²) in [6.45, 7) is 3.33. The van der Waals surface area contributed by atoms with E-state index in [2.05, 4.69) is 10.3 Å². The summed E-state index contributed by atoms with van der Waals surface area (Å²) >= 11 is 0. The van der Waals surface area contributed by atoms with E-state index in [0.717, 1.165) is 11.3 Å². The summed E-state index contributed by atoms with van der Waals surface area (Å²) in [6, 6.07) is 15.6. The number of rotatable bonds is 4. The molecule has 1 aromatic heterocycles. The van der Waals surface area contributed by atoms with Crippen LogP contribution in [-0.4, -0.2) is 64.0 Å². The zero-order valence-corrected chi connectivity index (χ0v) is 15.1. The van der Waals surface area contributed by atoms with Crippen molar-refractivity contribution in [3.63, 3.8) is 0 Å². The van der Waals surface area contributed by atoms with Gasteiger partial charge in [0.1, 0.15) is 0 Å². The monoisotopic (exact) mass is 365 g/mol. The highest BCUT2D eigenvalue weighted by Gasteiger charge is 2.41. The number of nitrogens with zero attached hydrogens (tertiary/aromatic N) is 4. The highest BCUT2D eigenvalue weighted by Crippen LogP contribution is 2.22. The maximum absolute atomic E-state index is 12.6. The quantitative estimate of drug-likeness (QED) is 0.900. The summed E-state index contributed by atoms with van der Waals surface area (Å²) in [7, 11) is 0. The van der Waals surface area contributed by atoms with Crippen LogP contribution in [0.4, 0.5) is 9.59 Å². The molecule has 2 aliphatic heterocycles. The van der Waals surface area contributed by atoms with Crippen molar-refractivity contribution in [1.29, 1.82) is 0 Å². The zero-order valence-electron chi connectivity index (χ0n) is 15.1. The van der Waals surface area contributed by atoms with Crippen molar-refractivity contribution in [2.24, 2.45) is 0 Å². The third kappa shape index (κ3) is 3.86. The number of carbonyl (C=O) groups is 2. The summed E-state index contributed by atoms with van der Waals surface area (Å²) in [5.74, 6) is 0. The fraction of sp³-hybridized carbons (Fsp3) is 0.350. The van der Waals surface area contributed by atoms with Crippen LogP contribution in [0.5, 0.6) is 0 Å². The number of hydrogen-bond donors (Lipinski definition) is 1. The summed E-state index contributed by atoms with van der Waals surface area (Å²) in [6.07, 6.45) is 1.74. The van der Waals surface area contributed by atoms with Crippen LogP contribution in [0.15, 0.2) is 54.7 Å². The van der Waals surface area contributed by atoms with E-state index >= 15 is 0 Å². The van der Waals surface area contributed by atoms with Crippen molar-refractivity contribution < 1.29 is 9.59 Å². The Bertz CT molecular complexity index is 799. The molecule has 2 aliphatic rings. The topological polar surface area (TPSA) is 68.8 Å². The molecule has 0 aliphatic carbocycles. The van der Waals surface area contributed by atoms with Crippen molar-refractivity contribution in [1.82, 2.24) is 25.0 Å². The molecule has 0 spiro atoms. The molecule has 7 heteroatoms. The molecule has 4 amide bonds. The molecule has 2 fully saturated rings. The van der Waals surface area contributed by atoms with E-state index in [1.807, 2.05) is 63.2 Å². The van der Waals surface area contributed by atoms with Gasteiger partial charge in [0.2, 0.25) is 0 Å². The lowest BCUT2D eigenvalue weighted by Gasteiger charge is -2.36. The number of piperazine rings is 1. The molecule has 2 aromatic rings. The molecule has 0 bridgehead atoms. The molecule has 3 heterocycles. The van der Waals surface area contributed by atoms with Crippen LogP contribution < -0.4 is 5.32 Å². The second-order valence-corrected chi connectivity index (χ2v) is 6.92. The van der Waals surface area contributed by atoms with E-state index in [4.69, 9.17) is 0 Å². The summed E-state index contributed by atoms with van der Waals surface area (Å²) in [5, 5.41) is 2.97. The molecule has 1 aromatic carbocycles. The third-order valence-corrected chi connectivity index (χ3v) is 5.08. The average molecular weight is 365 g/mol. The summed E-state index contributed by atoms with van der Waals surface area (Å²) in [5.41, 5.74) is 1.95. The number of fused-ring (bicyclic) bond motifs is 1. The molecule has 27 heavy (non-hydrogen) atoms. The Balaban J connectivity index is 1.33. The number of benzene rings is 1. The molecule has 2 saturated heterocycles. The normalized spacial score (nSPS) is 19.2. The maximum Gasteiger partial charge on any atom is 0.320 e. The zero-order chi connectivity index (χ0) is 18.6. The predicted octanol–water partition coefficient (Wildman–Crippen LogP) is 1.91. The van der Waals surface area contributed by atoms with Gasteiger partial charge in [-0.1, -0.05) is 36.4 Å². The fourth-order valence-corrected chi connectivity index (χ4v) is 3.67. The smallest absolute Gasteiger partial charge is 0.320 e. The Morgan fingerprint density at radius 1 is 1.07 bits per heavy atom. The van der Waals surface area contributed by atoms with Gasteiger partial charge in [0.05, 0.1) is 18.3 Å². The molecule has 140 valence electrons. The van der Waals surface area contributed by atoms with Gasteiger partial charge in [0, 0.05) is 38.9 Å². The van der Waals surface area contributed by atoms with Gasteiger partial charge in [-0.2, -0.15) is 0 Å². The first-order chi connectivity index (χ1) is 13.2. The minimum atomic E-state index is -0.0749. The Morgan fingerprint density at radius 2 is 1.89 bits per heavy atom. The number of pyridine rings is 1. The average Bonchev–Trinajstić information content (AvgIpc) is 3.02. The van der Waals surface area contributed by atoms with Gasteiger partial charge in [-0.3, -0.25) is 4.98 Å². The van der Waals surface area contributed by atoms with Crippen LogP contribution in [0.25, 0.3) is 0 Å². The molecule has 0 saturated carbocycles. The maximum atomic E-state index is 12.6. The van der Waals surface area contributed by atoms with Crippen molar-refractivity contribution in [2.75, 3.05) is 26.2 Å². The minimum Gasteiger partial charge on any atom is -0.334 e. The number of aromatic nitrogens is 1. The van der Waals surface area contributed by atoms with Gasteiger partial charge in [0.15, 0.2) is 0 Å². The third-order valence-electron chi connectivity index (χ3n) is 5.08. The molecular weight excluding hydrogens is 342 g/mol. The second-order valence-electron chi connectivity index (χ2n) is 6.92. The molecular formula is C20H23N5O2. The molecule has 0 radical (unpaired) electrons. The van der Waals surface area contributed by atoms with E-state index in [9.17, 15) is 9.59 Å². The standard InChI is InChI=1S/C20H23N5O2/c26-19(22-12-16-6-2-1-3-7-16)23-10-11-25-18(14-23)15-24(20(25)27)13-17-8-4-5-9-21-17/h1-9,18H,10-15H2,(H,22,26). The summed E-state index contributed by atoms with van der Waals surface area (Å²) < 4.78 is 0. The lowest BCUT2D eigenvalue weighted by atomic mass is 10.2. The van der Waals surface area contributed by atoms with Crippen molar-refractivity contribution in [2.45, 2.75) is 19.1 Å². The van der Waals surface area contributed by atoms with E-state index in [-0.39, 0.29) is 18.1 Å². The number of hydrogen-bond acceptors (Lipinski definition) is 3. The van der Waals surface area contributed by atoms with Gasteiger partial charge < -0.3 is 20.0 Å². The first kappa shape index (κ1) is 17.3. The molecule has 7 nitrogen and oxygen atoms in total. The summed E-state index contributed by atoms with van der Waals surface area (Å²) in [4.78, 5) is 34.9. The lowest BCUT2D eigenvalue weighted by molar-refractivity contribution is 0.129. The van der Waals surface area contributed by atoms with Crippen LogP contribution in [0, 0.1) is 0 Å². The van der Waals surface area contributed by atoms with E-state index in [1.165, 1.54) is 0 Å². The Labute approximate surface area is 158 Å². The van der Waals surface area contributed by atoms with Crippen LogP contribution in [0.3, 0.4) is 0 Å². The van der Waals surface area contributed by atoms with Crippen LogP contribution in [0.1, 0.15) is 11.3 Å². The fourth-order valence-electron chi connectivity index (χ4n) is 3.67. The highest BCUT2D eigenvalue weighted by atomic mass is 16.2. The predicted molar refractivity (Wildman–Crippen MR) is 101 cm³/mol. The van der Waals surface area contributed by atoms with Crippen LogP contribution in [-0.2, 0) is 13.1 Å². The second kappa shape index (κ2) is 7.65. The molecule has 1 atom stereocenters. The van der Waals surface area contributed by atoms with Crippen molar-refractivity contribution in [3.05, 3.63) is 66.0 Å². The van der Waals surface area contributed by atoms with Gasteiger partial charge in [-0.15, -0.1) is 0 Å². The number of amides is 4. The van der Waals surface area contributed by atoms with Crippen LogP contribution in [0.2, 0.25) is 0 Å². The molecule has 1 N–H and O–H groups in total. The first-order valence-electron chi connectivity index (χ1n) is 9.23. The van der Waals surface area contributed by atoms with E-state index < -0.39 is 0 Å². The Hall–Kier alpha value is -3.09. The Kier molecular flexibility index (Phi) is 4.91. The minimum absolute atomic E-state index is 0.0370. The highest BCUT2D eigenvalue weighted by molar-refractivity contribution is 5.79. The number of carbonyl (C=O) groups excluding carboxylic acids is 2. The van der Waals surface area contributed by atoms with Crippen LogP contribution >= 0.6 is 0 Å². The number of nitrogens with one attached hydrogen (secondary N) is 1. The van der Waals surface area contributed by atoms with Gasteiger partial charge in [-0.25, -0.2) is 9.59 Å². The molecule has 4 rings (SSSR count). The number of urea groups is 2. The van der Waals surface area contributed by atoms with Gasteiger partial charge in [-0.05, 0) is 17.7 Å². The van der Waals surface area contributed by atoms with Crippen molar-refractivity contribution in [3.8, 4) is 0 Å². The van der Waals surface area contributed by atoms with Gasteiger partial charge in [0.25, 0.3) is 0 Å². The Morgan fingerprint density at radius 3 is 2.67 bits per heavy atom. The van der Waals surface area contributed by atoms with E-state index in [1.54, 1.807) is 6.20 Å². The van der Waals surface area contributed by atoms with E-state index in [0.29, 0.717) is 39.3 Å². The lowest BCUT2D eigenvalue weighted by Crippen LogP contribution is -2.55.